The number of fused-ring (bicyclic) bond motifs is 5. The van der Waals surface area contributed by atoms with Gasteiger partial charge in [-0.15, -0.1) is 6.58 Å². The predicted octanol–water partition coefficient (Wildman–Crippen LogP) is 3.69. The van der Waals surface area contributed by atoms with E-state index in [1.807, 2.05) is 32.9 Å². The Labute approximate surface area is 321 Å². The Bertz CT molecular complexity index is 2010. The summed E-state index contributed by atoms with van der Waals surface area (Å²) in [6.07, 6.45) is 5.83. The topological polar surface area (TPSA) is 195 Å². The second-order valence-corrected chi connectivity index (χ2v) is 19.4. The molecule has 2 aliphatic heterocycles. The van der Waals surface area contributed by atoms with E-state index in [1.54, 1.807) is 20.1 Å². The third-order valence-electron chi connectivity index (χ3n) is 11.9. The Morgan fingerprint density at radius 1 is 1.09 bits per heavy atom. The summed E-state index contributed by atoms with van der Waals surface area (Å²) in [5.41, 5.74) is -0.475. The van der Waals surface area contributed by atoms with Gasteiger partial charge < -0.3 is 29.7 Å². The molecule has 3 N–H and O–H groups in total. The molecule has 1 saturated heterocycles. The fraction of sp³-hybridized carbons (Fsp3) is 0.641. The number of aromatic nitrogens is 2. The molecule has 3 saturated carbocycles. The summed E-state index contributed by atoms with van der Waals surface area (Å²) in [6, 6.07) is 3.19. The fourth-order valence-corrected chi connectivity index (χ4v) is 9.05. The van der Waals surface area contributed by atoms with Crippen molar-refractivity contribution in [1.29, 1.82) is 0 Å². The minimum atomic E-state index is -4.00. The number of carbonyl (C=O) groups is 4. The van der Waals surface area contributed by atoms with Crippen LogP contribution in [0.1, 0.15) is 91.2 Å². The highest BCUT2D eigenvalue weighted by Crippen LogP contribution is 2.47. The molecule has 5 aliphatic rings. The first-order valence-electron chi connectivity index (χ1n) is 19.3. The number of nitrogens with one attached hydrogen (secondary N) is 3. The molecular weight excluding hydrogens is 729 g/mol. The van der Waals surface area contributed by atoms with Gasteiger partial charge in [0.1, 0.15) is 41.3 Å². The van der Waals surface area contributed by atoms with Crippen LogP contribution in [0, 0.1) is 17.3 Å². The van der Waals surface area contributed by atoms with Crippen molar-refractivity contribution in [2.24, 2.45) is 17.3 Å². The van der Waals surface area contributed by atoms with Gasteiger partial charge in [-0.1, -0.05) is 39.7 Å². The lowest BCUT2D eigenvalue weighted by Gasteiger charge is -2.35. The van der Waals surface area contributed by atoms with Gasteiger partial charge in [0.15, 0.2) is 0 Å². The lowest BCUT2D eigenvalue weighted by molar-refractivity contribution is -0.142. The average Bonchev–Trinajstić information content (AvgIpc) is 4.08. The van der Waals surface area contributed by atoms with Crippen molar-refractivity contribution in [1.82, 2.24) is 30.2 Å². The Balaban J connectivity index is 1.22. The van der Waals surface area contributed by atoms with Crippen molar-refractivity contribution in [3.8, 4) is 11.6 Å². The second kappa shape index (κ2) is 14.2. The monoisotopic (exact) mass is 780 g/mol. The summed E-state index contributed by atoms with van der Waals surface area (Å²) in [5.74, 6) is -1.42. The summed E-state index contributed by atoms with van der Waals surface area (Å²) < 4.78 is 45.0. The van der Waals surface area contributed by atoms with Crippen molar-refractivity contribution < 1.29 is 41.8 Å². The van der Waals surface area contributed by atoms with Crippen LogP contribution >= 0.6 is 0 Å². The Hall–Kier alpha value is -4.47. The number of methoxy groups -OCH3 is 1. The molecule has 7 rings (SSSR count). The SMILES string of the molecule is C=CC1C[C@]1(NC(=O)[C@@H]1C[C@@H]2CN1C(=O)[C@H](C(C)(C)C)NC(=O)O[C@@H]1C[C@H]1CCCCCc1nc3ccc(OC)cc3nc1O2)C(=O)NS(=O)(=O)C1(C)CC1. The van der Waals surface area contributed by atoms with Gasteiger partial charge in [0, 0.05) is 18.4 Å². The minimum absolute atomic E-state index is 0.0206. The quantitative estimate of drug-likeness (QED) is 0.347. The van der Waals surface area contributed by atoms with Crippen LogP contribution in [-0.4, -0.2) is 95.3 Å². The lowest BCUT2D eigenvalue weighted by atomic mass is 9.85. The van der Waals surface area contributed by atoms with Gasteiger partial charge in [-0.25, -0.2) is 23.2 Å². The van der Waals surface area contributed by atoms with E-state index in [0.717, 1.165) is 32.1 Å². The number of aryl methyl sites for hydroxylation is 1. The third-order valence-corrected chi connectivity index (χ3v) is 14.1. The van der Waals surface area contributed by atoms with Crippen molar-refractivity contribution >= 4 is 44.9 Å². The molecule has 3 aliphatic carbocycles. The van der Waals surface area contributed by atoms with E-state index < -0.39 is 73.6 Å². The van der Waals surface area contributed by atoms with Crippen LogP contribution in [0.5, 0.6) is 11.6 Å². The van der Waals surface area contributed by atoms with E-state index >= 15 is 0 Å². The highest BCUT2D eigenvalue weighted by molar-refractivity contribution is 7.91. The summed E-state index contributed by atoms with van der Waals surface area (Å²) >= 11 is 0. The maximum absolute atomic E-state index is 14.6. The number of benzene rings is 1. The first kappa shape index (κ1) is 38.8. The molecule has 16 heteroatoms. The van der Waals surface area contributed by atoms with E-state index in [9.17, 15) is 27.6 Å². The molecule has 1 aromatic heterocycles. The maximum Gasteiger partial charge on any atom is 0.408 e. The Kier molecular flexibility index (Phi) is 10.0. The number of nitrogens with zero attached hydrogens (tertiary/aromatic N) is 3. The van der Waals surface area contributed by atoms with Gasteiger partial charge in [0.05, 0.1) is 29.4 Å². The molecular formula is C39H52N6O9S. The minimum Gasteiger partial charge on any atom is -0.497 e. The van der Waals surface area contributed by atoms with E-state index in [2.05, 4.69) is 21.9 Å². The zero-order valence-corrected chi connectivity index (χ0v) is 33.0. The van der Waals surface area contributed by atoms with Crippen LogP contribution in [0.15, 0.2) is 30.9 Å². The molecule has 298 valence electrons. The molecule has 1 unspecified atom stereocenters. The number of amides is 4. The molecule has 2 bridgehead atoms. The number of hydrogen-bond acceptors (Lipinski definition) is 11. The van der Waals surface area contributed by atoms with E-state index in [0.29, 0.717) is 47.6 Å². The highest BCUT2D eigenvalue weighted by Gasteiger charge is 2.63. The number of hydrogen-bond donors (Lipinski definition) is 3. The van der Waals surface area contributed by atoms with Crippen LogP contribution in [-0.2, 0) is 35.6 Å². The zero-order valence-electron chi connectivity index (χ0n) is 32.2. The van der Waals surface area contributed by atoms with Gasteiger partial charge >= 0.3 is 6.09 Å². The van der Waals surface area contributed by atoms with Gasteiger partial charge in [0.2, 0.25) is 27.7 Å². The molecule has 1 aromatic carbocycles. The summed E-state index contributed by atoms with van der Waals surface area (Å²) in [4.78, 5) is 67.1. The molecule has 15 nitrogen and oxygen atoms in total. The van der Waals surface area contributed by atoms with Crippen molar-refractivity contribution in [3.63, 3.8) is 0 Å². The van der Waals surface area contributed by atoms with Crippen LogP contribution in [0.25, 0.3) is 11.0 Å². The third kappa shape index (κ3) is 7.83. The van der Waals surface area contributed by atoms with E-state index in [1.165, 1.54) is 11.0 Å². The molecule has 55 heavy (non-hydrogen) atoms. The Morgan fingerprint density at radius 2 is 1.85 bits per heavy atom. The summed E-state index contributed by atoms with van der Waals surface area (Å²) in [7, 11) is -2.43. The van der Waals surface area contributed by atoms with Crippen LogP contribution in [0.4, 0.5) is 4.79 Å². The predicted molar refractivity (Wildman–Crippen MR) is 201 cm³/mol. The van der Waals surface area contributed by atoms with Crippen LogP contribution < -0.4 is 24.8 Å². The largest absolute Gasteiger partial charge is 0.497 e. The molecule has 3 heterocycles. The van der Waals surface area contributed by atoms with Gasteiger partial charge in [-0.2, -0.15) is 0 Å². The normalized spacial score (nSPS) is 30.5. The molecule has 4 fully saturated rings. The standard InChI is InChI=1S/C39H52N6O9S/c1-7-23-20-39(23,35(48)44-55(50,51)38(5)15-16-38)43-32(46)29-19-25-21-45(29)34(47)31(37(2,3)4)42-36(49)54-30-17-22(30)11-9-8-10-12-27-33(53-25)41-28-18-24(52-6)13-14-26(28)40-27/h7,13-14,18,22-23,25,29-31H,1,8-12,15-17,19-21H2,2-6H3,(H,42,49)(H,43,46)(H,44,48)/t22-,23?,25-,29+,30-,31-,39-/m1/s1. The fourth-order valence-electron chi connectivity index (χ4n) is 7.74. The van der Waals surface area contributed by atoms with Gasteiger partial charge in [0.25, 0.3) is 5.91 Å². The van der Waals surface area contributed by atoms with Gasteiger partial charge in [-0.3, -0.25) is 19.1 Å². The molecule has 4 amide bonds. The number of sulfonamides is 1. The first-order valence-corrected chi connectivity index (χ1v) is 20.8. The first-order chi connectivity index (χ1) is 26.0. The number of rotatable bonds is 7. The number of alkyl carbamates (subject to hydrolysis) is 1. The number of ether oxygens (including phenoxy) is 3. The van der Waals surface area contributed by atoms with E-state index in [-0.39, 0.29) is 31.4 Å². The Morgan fingerprint density at radius 3 is 2.53 bits per heavy atom. The smallest absolute Gasteiger partial charge is 0.408 e. The van der Waals surface area contributed by atoms with E-state index in [4.69, 9.17) is 24.2 Å². The van der Waals surface area contributed by atoms with Gasteiger partial charge in [-0.05, 0) is 75.3 Å². The maximum atomic E-state index is 14.6. The summed E-state index contributed by atoms with van der Waals surface area (Å²) in [5, 5.41) is 5.62. The lowest BCUT2D eigenvalue weighted by Crippen LogP contribution is -2.60. The van der Waals surface area contributed by atoms with Crippen LogP contribution in [0.3, 0.4) is 0 Å². The highest BCUT2D eigenvalue weighted by atomic mass is 32.2. The average molecular weight is 781 g/mol. The molecule has 0 spiro atoms. The molecule has 2 aromatic rings. The molecule has 7 atom stereocenters. The van der Waals surface area contributed by atoms with Crippen molar-refractivity contribution in [3.05, 3.63) is 36.5 Å². The second-order valence-electron chi connectivity index (χ2n) is 17.2. The van der Waals surface area contributed by atoms with Crippen molar-refractivity contribution in [2.75, 3.05) is 13.7 Å². The van der Waals surface area contributed by atoms with Crippen molar-refractivity contribution in [2.45, 2.75) is 126 Å². The number of carbonyl (C=O) groups excluding carboxylic acids is 4. The van der Waals surface area contributed by atoms with Crippen LogP contribution in [0.2, 0.25) is 0 Å². The summed E-state index contributed by atoms with van der Waals surface area (Å²) in [6.45, 7) is 10.8. The zero-order chi connectivity index (χ0) is 39.5. The molecule has 0 radical (unpaired) electrons.